The minimum atomic E-state index is 0.406. The minimum Gasteiger partial charge on any atom is -0.356 e. The lowest BCUT2D eigenvalue weighted by Gasteiger charge is -2.39. The summed E-state index contributed by atoms with van der Waals surface area (Å²) in [5.41, 5.74) is 1.44. The normalized spacial score (nSPS) is 20.9. The molecule has 3 nitrogen and oxygen atoms in total. The number of piperidine rings is 1. The molecule has 0 spiro atoms. The first-order valence-corrected chi connectivity index (χ1v) is 8.53. The third-order valence-electron chi connectivity index (χ3n) is 5.04. The Morgan fingerprint density at radius 2 is 1.67 bits per heavy atom. The van der Waals surface area contributed by atoms with Crippen LogP contribution >= 0.6 is 11.6 Å². The Balaban J connectivity index is 1.78. The first-order chi connectivity index (χ1) is 9.86. The topological polar surface area (TPSA) is 29.0 Å². The summed E-state index contributed by atoms with van der Waals surface area (Å²) in [7, 11) is 0. The summed E-state index contributed by atoms with van der Waals surface area (Å²) in [5.74, 6) is 3.38. The van der Waals surface area contributed by atoms with E-state index in [9.17, 15) is 0 Å². The number of aromatic nitrogens is 2. The van der Waals surface area contributed by atoms with Gasteiger partial charge in [-0.05, 0) is 43.9 Å². The van der Waals surface area contributed by atoms with E-state index in [1.807, 2.05) is 6.92 Å². The fourth-order valence-electron chi connectivity index (χ4n) is 3.28. The summed E-state index contributed by atoms with van der Waals surface area (Å²) in [4.78, 5) is 11.7. The largest absolute Gasteiger partial charge is 0.356 e. The molecule has 1 aromatic rings. The van der Waals surface area contributed by atoms with Gasteiger partial charge in [-0.1, -0.05) is 32.4 Å². The van der Waals surface area contributed by atoms with E-state index in [4.69, 9.17) is 16.6 Å². The molecule has 3 rings (SSSR count). The molecule has 4 heteroatoms. The van der Waals surface area contributed by atoms with Gasteiger partial charge in [-0.2, -0.15) is 0 Å². The van der Waals surface area contributed by atoms with Gasteiger partial charge in [0.15, 0.2) is 0 Å². The predicted octanol–water partition coefficient (Wildman–Crippen LogP) is 4.58. The molecule has 1 aromatic heterocycles. The van der Waals surface area contributed by atoms with Gasteiger partial charge < -0.3 is 4.90 Å². The highest BCUT2D eigenvalue weighted by Crippen LogP contribution is 2.41. The fraction of sp³-hybridized carbons (Fsp3) is 0.765. The molecule has 0 amide bonds. The zero-order valence-corrected chi connectivity index (χ0v) is 14.4. The van der Waals surface area contributed by atoms with Gasteiger partial charge in [-0.25, -0.2) is 9.97 Å². The molecular weight excluding hydrogens is 282 g/mol. The Morgan fingerprint density at radius 1 is 1.05 bits per heavy atom. The van der Waals surface area contributed by atoms with Crippen molar-refractivity contribution in [2.75, 3.05) is 18.0 Å². The first-order valence-electron chi connectivity index (χ1n) is 8.15. The lowest BCUT2D eigenvalue weighted by molar-refractivity contribution is 0.198. The van der Waals surface area contributed by atoms with E-state index in [1.165, 1.54) is 25.7 Å². The van der Waals surface area contributed by atoms with Gasteiger partial charge >= 0.3 is 0 Å². The lowest BCUT2D eigenvalue weighted by atomic mass is 9.75. The van der Waals surface area contributed by atoms with Crippen LogP contribution in [0.25, 0.3) is 0 Å². The Bertz CT molecular complexity index is 524. The maximum atomic E-state index is 6.33. The van der Waals surface area contributed by atoms with Crippen LogP contribution in [0.1, 0.15) is 63.8 Å². The molecule has 1 saturated heterocycles. The highest BCUT2D eigenvalue weighted by molar-refractivity contribution is 6.30. The Kier molecular flexibility index (Phi) is 3.89. The summed E-state index contributed by atoms with van der Waals surface area (Å²) in [6.45, 7) is 11.3. The molecule has 0 atom stereocenters. The number of hydrogen-bond donors (Lipinski definition) is 0. The van der Waals surface area contributed by atoms with Crippen molar-refractivity contribution < 1.29 is 0 Å². The molecule has 1 aliphatic carbocycles. The van der Waals surface area contributed by atoms with Crippen molar-refractivity contribution in [3.8, 4) is 0 Å². The number of halogens is 1. The minimum absolute atomic E-state index is 0.406. The van der Waals surface area contributed by atoms with E-state index in [-0.39, 0.29) is 0 Å². The van der Waals surface area contributed by atoms with Crippen molar-refractivity contribution in [3.05, 3.63) is 16.5 Å². The average molecular weight is 308 g/mol. The fourth-order valence-corrected chi connectivity index (χ4v) is 3.45. The summed E-state index contributed by atoms with van der Waals surface area (Å²) in [5, 5.41) is 0.639. The van der Waals surface area contributed by atoms with E-state index in [2.05, 4.69) is 30.7 Å². The van der Waals surface area contributed by atoms with Crippen molar-refractivity contribution in [2.24, 2.45) is 11.3 Å². The van der Waals surface area contributed by atoms with Gasteiger partial charge in [0.25, 0.3) is 0 Å². The van der Waals surface area contributed by atoms with Gasteiger partial charge in [-0.15, -0.1) is 0 Å². The Labute approximate surface area is 133 Å². The third kappa shape index (κ3) is 3.18. The first kappa shape index (κ1) is 15.1. The summed E-state index contributed by atoms with van der Waals surface area (Å²) < 4.78 is 0. The Hall–Kier alpha value is -0.830. The monoisotopic (exact) mass is 307 g/mol. The maximum Gasteiger partial charge on any atom is 0.137 e. The molecule has 2 fully saturated rings. The summed E-state index contributed by atoms with van der Waals surface area (Å²) in [6, 6.07) is 0. The van der Waals surface area contributed by atoms with E-state index in [0.29, 0.717) is 16.5 Å². The van der Waals surface area contributed by atoms with Crippen LogP contribution < -0.4 is 4.90 Å². The molecule has 1 aliphatic heterocycles. The second-order valence-corrected chi connectivity index (χ2v) is 8.08. The average Bonchev–Trinajstić information content (AvgIpc) is 3.25. The van der Waals surface area contributed by atoms with Gasteiger partial charge in [0, 0.05) is 24.6 Å². The molecule has 0 unspecified atom stereocenters. The van der Waals surface area contributed by atoms with E-state index in [0.717, 1.165) is 36.2 Å². The number of hydrogen-bond acceptors (Lipinski definition) is 3. The zero-order valence-electron chi connectivity index (χ0n) is 13.6. The summed E-state index contributed by atoms with van der Waals surface area (Å²) in [6.07, 6.45) is 4.91. The van der Waals surface area contributed by atoms with Gasteiger partial charge in [0.2, 0.25) is 0 Å². The molecule has 0 radical (unpaired) electrons. The van der Waals surface area contributed by atoms with Crippen molar-refractivity contribution in [3.63, 3.8) is 0 Å². The molecular formula is C17H26ClN3. The standard InChI is InChI=1S/C17H26ClN3/c1-11-14(18)19-15(12-5-6-12)20-16(11)21-9-7-13(8-10-21)17(2,3)4/h12-13H,5-10H2,1-4H3. The lowest BCUT2D eigenvalue weighted by Crippen LogP contribution is -2.39. The van der Waals surface area contributed by atoms with Gasteiger partial charge in [-0.3, -0.25) is 0 Å². The second kappa shape index (κ2) is 5.42. The number of rotatable bonds is 2. The summed E-state index contributed by atoms with van der Waals surface area (Å²) >= 11 is 6.33. The van der Waals surface area contributed by atoms with Crippen LogP contribution in [0.4, 0.5) is 5.82 Å². The van der Waals surface area contributed by atoms with Crippen LogP contribution in [-0.4, -0.2) is 23.1 Å². The van der Waals surface area contributed by atoms with Crippen LogP contribution in [0.2, 0.25) is 5.15 Å². The molecule has 0 bridgehead atoms. The maximum absolute atomic E-state index is 6.33. The van der Waals surface area contributed by atoms with E-state index < -0.39 is 0 Å². The Morgan fingerprint density at radius 3 is 2.19 bits per heavy atom. The second-order valence-electron chi connectivity index (χ2n) is 7.72. The van der Waals surface area contributed by atoms with E-state index in [1.54, 1.807) is 0 Å². The number of nitrogens with zero attached hydrogens (tertiary/aromatic N) is 3. The highest BCUT2D eigenvalue weighted by atomic mass is 35.5. The number of anilines is 1. The molecule has 2 aliphatic rings. The molecule has 2 heterocycles. The van der Waals surface area contributed by atoms with Crippen molar-refractivity contribution in [2.45, 2.75) is 59.3 Å². The predicted molar refractivity (Wildman–Crippen MR) is 88.1 cm³/mol. The van der Waals surface area contributed by atoms with Crippen LogP contribution in [-0.2, 0) is 0 Å². The quantitative estimate of drug-likeness (QED) is 0.749. The highest BCUT2D eigenvalue weighted by Gasteiger charge is 2.32. The smallest absolute Gasteiger partial charge is 0.137 e. The van der Waals surface area contributed by atoms with Crippen molar-refractivity contribution in [1.29, 1.82) is 0 Å². The van der Waals surface area contributed by atoms with Gasteiger partial charge in [0.1, 0.15) is 16.8 Å². The van der Waals surface area contributed by atoms with Crippen LogP contribution in [0, 0.1) is 18.3 Å². The van der Waals surface area contributed by atoms with Crippen LogP contribution in [0.15, 0.2) is 0 Å². The molecule has 21 heavy (non-hydrogen) atoms. The van der Waals surface area contributed by atoms with Crippen LogP contribution in [0.5, 0.6) is 0 Å². The molecule has 116 valence electrons. The molecule has 0 aromatic carbocycles. The van der Waals surface area contributed by atoms with Gasteiger partial charge in [0.05, 0.1) is 0 Å². The third-order valence-corrected chi connectivity index (χ3v) is 5.41. The zero-order chi connectivity index (χ0) is 15.2. The molecule has 0 N–H and O–H groups in total. The van der Waals surface area contributed by atoms with E-state index >= 15 is 0 Å². The SMILES string of the molecule is Cc1c(Cl)nc(C2CC2)nc1N1CCC(C(C)(C)C)CC1. The van der Waals surface area contributed by atoms with Crippen molar-refractivity contribution >= 4 is 17.4 Å². The van der Waals surface area contributed by atoms with Crippen LogP contribution in [0.3, 0.4) is 0 Å². The van der Waals surface area contributed by atoms with Crippen molar-refractivity contribution in [1.82, 2.24) is 9.97 Å². The molecule has 1 saturated carbocycles.